The zero-order chi connectivity index (χ0) is 25.5. The van der Waals surface area contributed by atoms with Crippen molar-refractivity contribution in [3.63, 3.8) is 0 Å². The Morgan fingerprint density at radius 3 is 2.36 bits per heavy atom. The molecule has 0 unspecified atom stereocenters. The third kappa shape index (κ3) is 6.18. The van der Waals surface area contributed by atoms with Crippen LogP contribution in [0.2, 0.25) is 0 Å². The molecule has 3 aromatic carbocycles. The molecule has 1 aliphatic rings. The van der Waals surface area contributed by atoms with Crippen molar-refractivity contribution >= 4 is 29.5 Å². The molecule has 9 heteroatoms. The molecule has 1 atom stereocenters. The van der Waals surface area contributed by atoms with Gasteiger partial charge in [-0.1, -0.05) is 60.7 Å². The second-order valence-corrected chi connectivity index (χ2v) is 8.30. The van der Waals surface area contributed by atoms with E-state index >= 15 is 4.39 Å². The number of hydrogen-bond donors (Lipinski definition) is 1. The summed E-state index contributed by atoms with van der Waals surface area (Å²) in [6.07, 6.45) is -1.89. The van der Waals surface area contributed by atoms with Gasteiger partial charge in [0.25, 0.3) is 0 Å². The molecule has 0 radical (unpaired) electrons. The van der Waals surface area contributed by atoms with E-state index in [0.717, 1.165) is 11.1 Å². The molecule has 0 spiro atoms. The highest BCUT2D eigenvalue weighted by Gasteiger charge is 2.33. The van der Waals surface area contributed by atoms with E-state index in [1.807, 2.05) is 60.7 Å². The number of carbonyl (C=O) groups excluding carboxylic acids is 3. The second kappa shape index (κ2) is 11.4. The molecule has 1 N–H and O–H groups in total. The lowest BCUT2D eigenvalue weighted by Gasteiger charge is -2.24. The molecule has 0 aliphatic carbocycles. The number of benzene rings is 3. The highest BCUT2D eigenvalue weighted by atomic mass is 19.1. The molecule has 1 heterocycles. The monoisotopic (exact) mass is 491 g/mol. The lowest BCUT2D eigenvalue weighted by Crippen LogP contribution is -2.33. The molecule has 3 amide bonds. The predicted molar refractivity (Wildman–Crippen MR) is 132 cm³/mol. The highest BCUT2D eigenvalue weighted by Crippen LogP contribution is 2.29. The molecule has 3 aromatic rings. The average molecular weight is 492 g/mol. The van der Waals surface area contributed by atoms with Gasteiger partial charge in [-0.05, 0) is 29.3 Å². The Morgan fingerprint density at radius 1 is 1.06 bits per heavy atom. The number of amides is 3. The Bertz CT molecular complexity index is 1220. The SMILES string of the molecule is CC(=O)NC[C@H]1CN(c2ccc(N(Cc3ccccc3)C(=O)OCc3ccccc3)c(F)c2)C(=O)O1. The molecule has 0 saturated carbocycles. The number of halogens is 1. The molecule has 0 aromatic heterocycles. The van der Waals surface area contributed by atoms with Gasteiger partial charge in [0.05, 0.1) is 31.0 Å². The molecule has 186 valence electrons. The fourth-order valence-electron chi connectivity index (χ4n) is 3.79. The first-order valence-corrected chi connectivity index (χ1v) is 11.4. The number of cyclic esters (lactones) is 1. The summed E-state index contributed by atoms with van der Waals surface area (Å²) in [6.45, 7) is 1.82. The fraction of sp³-hybridized carbons (Fsp3) is 0.222. The first kappa shape index (κ1) is 24.7. The van der Waals surface area contributed by atoms with Crippen LogP contribution in [0, 0.1) is 5.82 Å². The van der Waals surface area contributed by atoms with Crippen molar-refractivity contribution in [3.8, 4) is 0 Å². The number of ether oxygens (including phenoxy) is 2. The van der Waals surface area contributed by atoms with Crippen LogP contribution in [0.3, 0.4) is 0 Å². The number of hydrogen-bond acceptors (Lipinski definition) is 5. The van der Waals surface area contributed by atoms with E-state index in [9.17, 15) is 14.4 Å². The maximum atomic E-state index is 15.4. The Morgan fingerprint density at radius 2 is 1.72 bits per heavy atom. The Hall–Kier alpha value is -4.40. The number of rotatable bonds is 8. The quantitative estimate of drug-likeness (QED) is 0.496. The van der Waals surface area contributed by atoms with Gasteiger partial charge >= 0.3 is 12.2 Å². The lowest BCUT2D eigenvalue weighted by molar-refractivity contribution is -0.119. The van der Waals surface area contributed by atoms with Crippen LogP contribution in [0.25, 0.3) is 0 Å². The van der Waals surface area contributed by atoms with Crippen LogP contribution in [0.15, 0.2) is 78.9 Å². The summed E-state index contributed by atoms with van der Waals surface area (Å²) in [5.74, 6) is -0.934. The smallest absolute Gasteiger partial charge is 0.415 e. The standard InChI is InChI=1S/C27H26FN3O5/c1-19(32)29-15-23-17-30(27(34)36-23)22-12-13-25(24(28)14-22)31(16-20-8-4-2-5-9-20)26(33)35-18-21-10-6-3-7-11-21/h2-14,23H,15-18H2,1H3,(H,29,32)/t23-/m0/s1. The maximum Gasteiger partial charge on any atom is 0.415 e. The van der Waals surface area contributed by atoms with Crippen molar-refractivity contribution < 1.29 is 28.2 Å². The summed E-state index contributed by atoms with van der Waals surface area (Å²) in [5, 5.41) is 2.60. The van der Waals surface area contributed by atoms with Crippen LogP contribution in [-0.4, -0.2) is 37.3 Å². The first-order chi connectivity index (χ1) is 17.4. The van der Waals surface area contributed by atoms with Gasteiger partial charge in [-0.2, -0.15) is 0 Å². The zero-order valence-corrected chi connectivity index (χ0v) is 19.7. The van der Waals surface area contributed by atoms with Crippen LogP contribution in [0.5, 0.6) is 0 Å². The number of nitrogens with zero attached hydrogens (tertiary/aromatic N) is 2. The minimum absolute atomic E-state index is 0.0167. The van der Waals surface area contributed by atoms with Gasteiger partial charge in [-0.15, -0.1) is 0 Å². The topological polar surface area (TPSA) is 88.2 Å². The van der Waals surface area contributed by atoms with Gasteiger partial charge in [0.1, 0.15) is 18.5 Å². The Balaban J connectivity index is 1.53. The third-order valence-electron chi connectivity index (χ3n) is 5.60. The molecule has 8 nitrogen and oxygen atoms in total. The van der Waals surface area contributed by atoms with Crippen molar-refractivity contribution in [1.29, 1.82) is 0 Å². The molecule has 1 fully saturated rings. The van der Waals surface area contributed by atoms with Crippen molar-refractivity contribution in [1.82, 2.24) is 5.32 Å². The summed E-state index contributed by atoms with van der Waals surface area (Å²) in [5.41, 5.74) is 1.90. The normalized spacial score (nSPS) is 14.8. The Kier molecular flexibility index (Phi) is 7.79. The minimum atomic E-state index is -0.703. The summed E-state index contributed by atoms with van der Waals surface area (Å²) in [6, 6.07) is 22.6. The molecule has 36 heavy (non-hydrogen) atoms. The lowest BCUT2D eigenvalue weighted by atomic mass is 10.2. The molecule has 1 aliphatic heterocycles. The van der Waals surface area contributed by atoms with E-state index in [1.165, 1.54) is 28.9 Å². The van der Waals surface area contributed by atoms with Gasteiger partial charge < -0.3 is 14.8 Å². The van der Waals surface area contributed by atoms with Gasteiger partial charge in [0, 0.05) is 6.92 Å². The highest BCUT2D eigenvalue weighted by molar-refractivity contribution is 5.92. The average Bonchev–Trinajstić information content (AvgIpc) is 3.26. The van der Waals surface area contributed by atoms with Crippen LogP contribution < -0.4 is 15.1 Å². The van der Waals surface area contributed by atoms with Crippen molar-refractivity contribution in [2.24, 2.45) is 0 Å². The van der Waals surface area contributed by atoms with Crippen LogP contribution >= 0.6 is 0 Å². The van der Waals surface area contributed by atoms with Crippen molar-refractivity contribution in [2.75, 3.05) is 22.9 Å². The van der Waals surface area contributed by atoms with Crippen molar-refractivity contribution in [3.05, 3.63) is 95.8 Å². The second-order valence-electron chi connectivity index (χ2n) is 8.30. The van der Waals surface area contributed by atoms with Crippen LogP contribution in [0.4, 0.5) is 25.4 Å². The van der Waals surface area contributed by atoms with Crippen molar-refractivity contribution in [2.45, 2.75) is 26.2 Å². The van der Waals surface area contributed by atoms with Crippen LogP contribution in [0.1, 0.15) is 18.1 Å². The van der Waals surface area contributed by atoms with E-state index in [1.54, 1.807) is 6.07 Å². The van der Waals surface area contributed by atoms with E-state index in [-0.39, 0.29) is 43.5 Å². The molecule has 0 bridgehead atoms. The van der Waals surface area contributed by atoms with E-state index in [2.05, 4.69) is 5.32 Å². The van der Waals surface area contributed by atoms with E-state index < -0.39 is 24.1 Å². The van der Waals surface area contributed by atoms with E-state index in [0.29, 0.717) is 0 Å². The predicted octanol–water partition coefficient (Wildman–Crippen LogP) is 4.63. The third-order valence-corrected chi connectivity index (χ3v) is 5.60. The van der Waals surface area contributed by atoms with E-state index in [4.69, 9.17) is 9.47 Å². The van der Waals surface area contributed by atoms with Crippen LogP contribution in [-0.2, 0) is 27.4 Å². The summed E-state index contributed by atoms with van der Waals surface area (Å²) in [7, 11) is 0. The van der Waals surface area contributed by atoms with Gasteiger partial charge in [-0.25, -0.2) is 14.0 Å². The molecule has 4 rings (SSSR count). The number of anilines is 2. The zero-order valence-electron chi connectivity index (χ0n) is 19.7. The summed E-state index contributed by atoms with van der Waals surface area (Å²) in [4.78, 5) is 39.0. The van der Waals surface area contributed by atoms with Gasteiger partial charge in [0.2, 0.25) is 5.91 Å². The van der Waals surface area contributed by atoms with Gasteiger partial charge in [0.15, 0.2) is 0 Å². The largest absolute Gasteiger partial charge is 0.444 e. The summed E-state index contributed by atoms with van der Waals surface area (Å²) < 4.78 is 26.1. The maximum absolute atomic E-state index is 15.4. The number of nitrogens with one attached hydrogen (secondary N) is 1. The first-order valence-electron chi connectivity index (χ1n) is 11.4. The Labute approximate surface area is 208 Å². The molecular formula is C27H26FN3O5. The molecular weight excluding hydrogens is 465 g/mol. The molecule has 1 saturated heterocycles. The number of carbonyl (C=O) groups is 3. The summed E-state index contributed by atoms with van der Waals surface area (Å²) >= 11 is 0. The minimum Gasteiger partial charge on any atom is -0.444 e. The van der Waals surface area contributed by atoms with Gasteiger partial charge in [-0.3, -0.25) is 14.6 Å². The fourth-order valence-corrected chi connectivity index (χ4v) is 3.79.